The molecule has 1 rings (SSSR count). The molecule has 1 amide bonds. The number of hydrogen-bond acceptors (Lipinski definition) is 5. The lowest BCUT2D eigenvalue weighted by molar-refractivity contribution is -0.384. The molecule has 0 aliphatic heterocycles. The first-order valence-electron chi connectivity index (χ1n) is 6.44. The summed E-state index contributed by atoms with van der Waals surface area (Å²) in [4.78, 5) is 22.3. The zero-order chi connectivity index (χ0) is 15.8. The number of nitro groups is 1. The van der Waals surface area contributed by atoms with E-state index in [1.165, 1.54) is 18.2 Å². The number of nitro benzene ring substituents is 1. The molecule has 0 aliphatic carbocycles. The lowest BCUT2D eigenvalue weighted by atomic mass is 10.2. The summed E-state index contributed by atoms with van der Waals surface area (Å²) in [5.74, 6) is -0.396. The molecule has 1 aromatic carbocycles. The van der Waals surface area contributed by atoms with Crippen LogP contribution in [0.4, 0.5) is 5.69 Å². The maximum atomic E-state index is 12.1. The highest BCUT2D eigenvalue weighted by atomic mass is 127. The SMILES string of the molecule is CCOC(CNC(=O)c1cc([N+](=O)[O-])ccc1I)OCC. The minimum atomic E-state index is -0.532. The number of nitrogens with zero attached hydrogens (tertiary/aromatic N) is 1. The summed E-state index contributed by atoms with van der Waals surface area (Å²) in [6.07, 6.45) is -0.527. The molecular formula is C13H17IN2O5. The molecular weight excluding hydrogens is 391 g/mol. The zero-order valence-electron chi connectivity index (χ0n) is 11.8. The molecule has 0 saturated carbocycles. The van der Waals surface area contributed by atoms with Gasteiger partial charge in [-0.3, -0.25) is 14.9 Å². The van der Waals surface area contributed by atoms with Crippen LogP contribution < -0.4 is 5.32 Å². The molecule has 7 nitrogen and oxygen atoms in total. The molecule has 0 heterocycles. The van der Waals surface area contributed by atoms with Crippen molar-refractivity contribution in [1.29, 1.82) is 0 Å². The van der Waals surface area contributed by atoms with E-state index in [-0.39, 0.29) is 17.8 Å². The Morgan fingerprint density at radius 2 is 2.00 bits per heavy atom. The largest absolute Gasteiger partial charge is 0.351 e. The van der Waals surface area contributed by atoms with Gasteiger partial charge < -0.3 is 14.8 Å². The number of carbonyl (C=O) groups is 1. The van der Waals surface area contributed by atoms with Gasteiger partial charge in [0.1, 0.15) is 0 Å². The number of rotatable bonds is 8. The first kappa shape index (κ1) is 17.8. The minimum Gasteiger partial charge on any atom is -0.351 e. The van der Waals surface area contributed by atoms with Crippen molar-refractivity contribution in [3.8, 4) is 0 Å². The van der Waals surface area contributed by atoms with E-state index in [4.69, 9.17) is 9.47 Å². The molecule has 0 fully saturated rings. The van der Waals surface area contributed by atoms with Crippen LogP contribution in [0.2, 0.25) is 0 Å². The summed E-state index contributed by atoms with van der Waals surface area (Å²) < 4.78 is 11.3. The predicted octanol–water partition coefficient (Wildman–Crippen LogP) is 2.33. The average Bonchev–Trinajstić information content (AvgIpc) is 2.45. The lowest BCUT2D eigenvalue weighted by Gasteiger charge is -2.17. The Morgan fingerprint density at radius 3 is 2.52 bits per heavy atom. The van der Waals surface area contributed by atoms with Crippen molar-refractivity contribution >= 4 is 34.2 Å². The number of amides is 1. The maximum absolute atomic E-state index is 12.1. The van der Waals surface area contributed by atoms with E-state index >= 15 is 0 Å². The molecule has 0 atom stereocenters. The van der Waals surface area contributed by atoms with E-state index in [2.05, 4.69) is 5.32 Å². The number of hydrogen-bond donors (Lipinski definition) is 1. The van der Waals surface area contributed by atoms with Gasteiger partial charge in [0.2, 0.25) is 0 Å². The molecule has 116 valence electrons. The third-order valence-corrected chi connectivity index (χ3v) is 3.48. The molecule has 0 aromatic heterocycles. The van der Waals surface area contributed by atoms with Gasteiger partial charge in [-0.2, -0.15) is 0 Å². The molecule has 8 heteroatoms. The van der Waals surface area contributed by atoms with Crippen molar-refractivity contribution in [3.05, 3.63) is 37.4 Å². The summed E-state index contributed by atoms with van der Waals surface area (Å²) in [7, 11) is 0. The van der Waals surface area contributed by atoms with E-state index in [1.54, 1.807) is 0 Å². The van der Waals surface area contributed by atoms with Crippen LogP contribution in [-0.2, 0) is 9.47 Å². The first-order valence-corrected chi connectivity index (χ1v) is 7.52. The monoisotopic (exact) mass is 408 g/mol. The van der Waals surface area contributed by atoms with Crippen LogP contribution in [0.3, 0.4) is 0 Å². The fourth-order valence-electron chi connectivity index (χ4n) is 1.61. The molecule has 0 spiro atoms. The third kappa shape index (κ3) is 5.56. The smallest absolute Gasteiger partial charge is 0.270 e. The van der Waals surface area contributed by atoms with Crippen molar-refractivity contribution in [2.24, 2.45) is 0 Å². The molecule has 21 heavy (non-hydrogen) atoms. The summed E-state index contributed by atoms with van der Waals surface area (Å²) in [6, 6.07) is 4.16. The van der Waals surface area contributed by atoms with Crippen LogP contribution in [0.5, 0.6) is 0 Å². The predicted molar refractivity (Wildman–Crippen MR) is 85.2 cm³/mol. The van der Waals surface area contributed by atoms with Gasteiger partial charge in [-0.1, -0.05) is 0 Å². The van der Waals surface area contributed by atoms with Crippen LogP contribution >= 0.6 is 22.6 Å². The van der Waals surface area contributed by atoms with Gasteiger partial charge >= 0.3 is 0 Å². The zero-order valence-corrected chi connectivity index (χ0v) is 14.0. The Balaban J connectivity index is 2.74. The van der Waals surface area contributed by atoms with Crippen molar-refractivity contribution < 1.29 is 19.2 Å². The topological polar surface area (TPSA) is 90.7 Å². The van der Waals surface area contributed by atoms with Gasteiger partial charge in [0.25, 0.3) is 11.6 Å². The van der Waals surface area contributed by atoms with Crippen molar-refractivity contribution in [3.63, 3.8) is 0 Å². The second kappa shape index (κ2) is 8.90. The average molecular weight is 408 g/mol. The quantitative estimate of drug-likeness (QED) is 0.309. The molecule has 0 saturated heterocycles. The van der Waals surface area contributed by atoms with Gasteiger partial charge in [0.15, 0.2) is 6.29 Å². The maximum Gasteiger partial charge on any atom is 0.270 e. The number of halogens is 1. The number of ether oxygens (including phenoxy) is 2. The highest BCUT2D eigenvalue weighted by molar-refractivity contribution is 14.1. The lowest BCUT2D eigenvalue weighted by Crippen LogP contribution is -2.35. The minimum absolute atomic E-state index is 0.119. The highest BCUT2D eigenvalue weighted by Gasteiger charge is 2.17. The second-order valence-electron chi connectivity index (χ2n) is 3.97. The number of benzene rings is 1. The fourth-order valence-corrected chi connectivity index (χ4v) is 2.19. The van der Waals surface area contributed by atoms with Crippen molar-refractivity contribution in [2.45, 2.75) is 20.1 Å². The molecule has 1 aromatic rings. The molecule has 0 radical (unpaired) electrons. The van der Waals surface area contributed by atoms with Gasteiger partial charge in [0.05, 0.1) is 17.0 Å². The molecule has 0 bridgehead atoms. The van der Waals surface area contributed by atoms with E-state index in [0.29, 0.717) is 16.8 Å². The first-order chi connectivity index (χ1) is 9.99. The Kier molecular flexibility index (Phi) is 7.54. The Labute approximate surface area is 136 Å². The Bertz CT molecular complexity index is 503. The number of non-ortho nitro benzene ring substituents is 1. The third-order valence-electron chi connectivity index (χ3n) is 2.54. The molecule has 1 N–H and O–H groups in total. The Morgan fingerprint density at radius 1 is 1.38 bits per heavy atom. The number of nitrogens with one attached hydrogen (secondary N) is 1. The van der Waals surface area contributed by atoms with Crippen LogP contribution in [0, 0.1) is 13.7 Å². The van der Waals surface area contributed by atoms with E-state index in [0.717, 1.165) is 0 Å². The van der Waals surface area contributed by atoms with Gasteiger partial charge in [-0.05, 0) is 42.5 Å². The van der Waals surface area contributed by atoms with Crippen molar-refractivity contribution in [1.82, 2.24) is 5.32 Å². The fraction of sp³-hybridized carbons (Fsp3) is 0.462. The van der Waals surface area contributed by atoms with Crippen LogP contribution in [-0.4, -0.2) is 36.9 Å². The normalized spacial score (nSPS) is 10.7. The van der Waals surface area contributed by atoms with Crippen molar-refractivity contribution in [2.75, 3.05) is 19.8 Å². The highest BCUT2D eigenvalue weighted by Crippen LogP contribution is 2.19. The molecule has 0 unspecified atom stereocenters. The number of carbonyl (C=O) groups excluding carboxylic acids is 1. The Hall–Kier alpha value is -1.26. The summed E-state index contributed by atoms with van der Waals surface area (Å²) >= 11 is 1.96. The van der Waals surface area contributed by atoms with E-state index in [9.17, 15) is 14.9 Å². The van der Waals surface area contributed by atoms with Gasteiger partial charge in [-0.25, -0.2) is 0 Å². The van der Waals surface area contributed by atoms with E-state index in [1.807, 2.05) is 36.4 Å². The summed E-state index contributed by atoms with van der Waals surface area (Å²) in [6.45, 7) is 4.78. The molecule has 0 aliphatic rings. The van der Waals surface area contributed by atoms with Crippen LogP contribution in [0.15, 0.2) is 18.2 Å². The second-order valence-corrected chi connectivity index (χ2v) is 5.13. The summed E-state index contributed by atoms with van der Waals surface area (Å²) in [5.41, 5.74) is 0.142. The van der Waals surface area contributed by atoms with Crippen LogP contribution in [0.1, 0.15) is 24.2 Å². The van der Waals surface area contributed by atoms with Crippen LogP contribution in [0.25, 0.3) is 0 Å². The van der Waals surface area contributed by atoms with Gasteiger partial charge in [0, 0.05) is 28.9 Å². The summed E-state index contributed by atoms with van der Waals surface area (Å²) in [5, 5.41) is 13.4. The van der Waals surface area contributed by atoms with Gasteiger partial charge in [-0.15, -0.1) is 0 Å². The standard InChI is InChI=1S/C13H17IN2O5/c1-3-20-12(21-4-2)8-15-13(17)10-7-9(16(18)19)5-6-11(10)14/h5-7,12H,3-4,8H2,1-2H3,(H,15,17). The van der Waals surface area contributed by atoms with E-state index < -0.39 is 17.1 Å².